The molecule has 0 heterocycles. The minimum absolute atomic E-state index is 0.0148. The summed E-state index contributed by atoms with van der Waals surface area (Å²) >= 11 is 0. The predicted molar refractivity (Wildman–Crippen MR) is 118 cm³/mol. The minimum atomic E-state index is -0.302. The number of rotatable bonds is 10. The van der Waals surface area contributed by atoms with Crippen molar-refractivity contribution in [3.63, 3.8) is 0 Å². The van der Waals surface area contributed by atoms with E-state index in [9.17, 15) is 14.4 Å². The van der Waals surface area contributed by atoms with Gasteiger partial charge in [0.2, 0.25) is 0 Å². The van der Waals surface area contributed by atoms with E-state index < -0.39 is 0 Å². The van der Waals surface area contributed by atoms with Crippen LogP contribution in [0.25, 0.3) is 0 Å². The quantitative estimate of drug-likeness (QED) is 0.402. The average Bonchev–Trinajstić information content (AvgIpc) is 2.49. The SMILES string of the molecule is CCC(C(=O)CC(C(=O)CC(/C=C(\C)C(C)=O)C(C)C)C(C)(C)C)C(C)(C)C. The van der Waals surface area contributed by atoms with Crippen molar-refractivity contribution in [2.24, 2.45) is 34.5 Å². The van der Waals surface area contributed by atoms with Crippen molar-refractivity contribution in [2.45, 2.75) is 95.4 Å². The third kappa shape index (κ3) is 8.41. The van der Waals surface area contributed by atoms with E-state index in [0.29, 0.717) is 18.4 Å². The molecule has 3 heteroatoms. The van der Waals surface area contributed by atoms with Crippen LogP contribution in [0.1, 0.15) is 95.4 Å². The number of Topliss-reactive ketones (excluding diaryl/α,β-unsaturated/α-hetero) is 3. The van der Waals surface area contributed by atoms with Gasteiger partial charge in [-0.05, 0) is 48.5 Å². The molecule has 28 heavy (non-hydrogen) atoms. The molecule has 0 amide bonds. The van der Waals surface area contributed by atoms with Gasteiger partial charge in [-0.25, -0.2) is 0 Å². The van der Waals surface area contributed by atoms with Crippen molar-refractivity contribution in [1.29, 1.82) is 0 Å². The van der Waals surface area contributed by atoms with Gasteiger partial charge in [0.25, 0.3) is 0 Å². The molecule has 0 fully saturated rings. The fourth-order valence-corrected chi connectivity index (χ4v) is 3.87. The highest BCUT2D eigenvalue weighted by molar-refractivity contribution is 5.93. The lowest BCUT2D eigenvalue weighted by Crippen LogP contribution is -2.36. The summed E-state index contributed by atoms with van der Waals surface area (Å²) < 4.78 is 0. The second-order valence-corrected chi connectivity index (χ2v) is 10.9. The van der Waals surface area contributed by atoms with Gasteiger partial charge in [0.15, 0.2) is 5.78 Å². The van der Waals surface area contributed by atoms with E-state index >= 15 is 0 Å². The Hall–Kier alpha value is -1.25. The molecule has 0 aromatic carbocycles. The third-order valence-corrected chi connectivity index (χ3v) is 5.99. The maximum Gasteiger partial charge on any atom is 0.155 e. The van der Waals surface area contributed by atoms with E-state index in [4.69, 9.17) is 0 Å². The summed E-state index contributed by atoms with van der Waals surface area (Å²) in [7, 11) is 0. The van der Waals surface area contributed by atoms with Crippen LogP contribution in [0.5, 0.6) is 0 Å². The number of carbonyl (C=O) groups excluding carboxylic acids is 3. The standard InChI is InChI=1S/C25H44O3/c1-12-20(24(6,7)8)23(28)15-21(25(9,10)11)22(27)14-19(16(2)3)13-17(4)18(5)26/h13,16,19-21H,12,14-15H2,1-11H3/b17-13+. The molecule has 3 atom stereocenters. The smallest absolute Gasteiger partial charge is 0.155 e. The van der Waals surface area contributed by atoms with E-state index in [1.165, 1.54) is 0 Å². The van der Waals surface area contributed by atoms with Crippen LogP contribution in [0.4, 0.5) is 0 Å². The molecule has 0 N–H and O–H groups in total. The molecule has 0 aromatic rings. The number of ketones is 3. The molecular formula is C25H44O3. The molecule has 0 aromatic heterocycles. The Balaban J connectivity index is 5.62. The monoisotopic (exact) mass is 392 g/mol. The fourth-order valence-electron chi connectivity index (χ4n) is 3.87. The molecule has 3 nitrogen and oxygen atoms in total. The molecule has 0 radical (unpaired) electrons. The van der Waals surface area contributed by atoms with Gasteiger partial charge in [-0.1, -0.05) is 68.4 Å². The molecular weight excluding hydrogens is 348 g/mol. The highest BCUT2D eigenvalue weighted by Crippen LogP contribution is 2.37. The Labute approximate surface area is 173 Å². The Kier molecular flexibility index (Phi) is 10.0. The zero-order chi connectivity index (χ0) is 22.4. The normalized spacial score (nSPS) is 16.6. The van der Waals surface area contributed by atoms with Crippen LogP contribution >= 0.6 is 0 Å². The summed E-state index contributed by atoms with van der Waals surface area (Å²) in [5.74, 6) is 0.301. The van der Waals surface area contributed by atoms with Crippen LogP contribution in [0, 0.1) is 34.5 Å². The summed E-state index contributed by atoms with van der Waals surface area (Å²) in [6.45, 7) is 22.0. The number of allylic oxidation sites excluding steroid dienone is 2. The molecule has 0 aliphatic heterocycles. The van der Waals surface area contributed by atoms with E-state index in [1.807, 2.05) is 40.7 Å². The summed E-state index contributed by atoms with van der Waals surface area (Å²) in [4.78, 5) is 38.0. The first-order valence-electron chi connectivity index (χ1n) is 10.8. The molecule has 0 spiro atoms. The van der Waals surface area contributed by atoms with Gasteiger partial charge in [0.1, 0.15) is 11.6 Å². The molecule has 162 valence electrons. The molecule has 0 saturated carbocycles. The van der Waals surface area contributed by atoms with Gasteiger partial charge < -0.3 is 0 Å². The van der Waals surface area contributed by atoms with Crippen molar-refractivity contribution in [3.05, 3.63) is 11.6 Å². The van der Waals surface area contributed by atoms with Gasteiger partial charge in [0.05, 0.1) is 0 Å². The minimum Gasteiger partial charge on any atom is -0.299 e. The average molecular weight is 393 g/mol. The zero-order valence-corrected chi connectivity index (χ0v) is 20.2. The summed E-state index contributed by atoms with van der Waals surface area (Å²) in [6, 6.07) is 0. The second-order valence-electron chi connectivity index (χ2n) is 10.9. The molecule has 0 rings (SSSR count). The first-order chi connectivity index (χ1) is 12.5. The molecule has 0 aliphatic rings. The van der Waals surface area contributed by atoms with Crippen LogP contribution in [-0.4, -0.2) is 17.3 Å². The highest BCUT2D eigenvalue weighted by Gasteiger charge is 2.38. The van der Waals surface area contributed by atoms with Crippen molar-refractivity contribution in [1.82, 2.24) is 0 Å². The Morgan fingerprint density at radius 3 is 1.54 bits per heavy atom. The third-order valence-electron chi connectivity index (χ3n) is 5.99. The van der Waals surface area contributed by atoms with Crippen molar-refractivity contribution < 1.29 is 14.4 Å². The van der Waals surface area contributed by atoms with Crippen LogP contribution < -0.4 is 0 Å². The highest BCUT2D eigenvalue weighted by atomic mass is 16.1. The molecule has 0 aliphatic carbocycles. The van der Waals surface area contributed by atoms with E-state index in [2.05, 4.69) is 34.6 Å². The van der Waals surface area contributed by atoms with E-state index in [-0.39, 0.29) is 51.9 Å². The lowest BCUT2D eigenvalue weighted by atomic mass is 9.68. The number of hydrogen-bond donors (Lipinski definition) is 0. The van der Waals surface area contributed by atoms with Crippen molar-refractivity contribution in [2.75, 3.05) is 0 Å². The van der Waals surface area contributed by atoms with Crippen LogP contribution in [0.15, 0.2) is 11.6 Å². The predicted octanol–water partition coefficient (Wildman–Crippen LogP) is 6.45. The van der Waals surface area contributed by atoms with Gasteiger partial charge in [0, 0.05) is 24.7 Å². The maximum atomic E-state index is 13.3. The summed E-state index contributed by atoms with van der Waals surface area (Å²) in [5, 5.41) is 0. The van der Waals surface area contributed by atoms with Crippen molar-refractivity contribution >= 4 is 17.3 Å². The zero-order valence-electron chi connectivity index (χ0n) is 20.2. The van der Waals surface area contributed by atoms with Gasteiger partial charge in [-0.2, -0.15) is 0 Å². The van der Waals surface area contributed by atoms with Crippen molar-refractivity contribution in [3.8, 4) is 0 Å². The van der Waals surface area contributed by atoms with Crippen LogP contribution in [0.2, 0.25) is 0 Å². The summed E-state index contributed by atoms with van der Waals surface area (Å²) in [5.41, 5.74) is 0.330. The maximum absolute atomic E-state index is 13.3. The van der Waals surface area contributed by atoms with Crippen LogP contribution in [-0.2, 0) is 14.4 Å². The first kappa shape index (κ1) is 26.8. The summed E-state index contributed by atoms with van der Waals surface area (Å²) in [6.07, 6.45) is 3.42. The first-order valence-corrected chi connectivity index (χ1v) is 10.8. The fraction of sp³-hybridized carbons (Fsp3) is 0.800. The lowest BCUT2D eigenvalue weighted by molar-refractivity contribution is -0.135. The Morgan fingerprint density at radius 2 is 1.21 bits per heavy atom. The Bertz CT molecular complexity index is 582. The van der Waals surface area contributed by atoms with Gasteiger partial charge in [-0.3, -0.25) is 14.4 Å². The van der Waals surface area contributed by atoms with Crippen LogP contribution in [0.3, 0.4) is 0 Å². The molecule has 0 saturated heterocycles. The Morgan fingerprint density at radius 1 is 0.786 bits per heavy atom. The van der Waals surface area contributed by atoms with E-state index in [1.54, 1.807) is 6.92 Å². The lowest BCUT2D eigenvalue weighted by Gasteiger charge is -2.34. The second kappa shape index (κ2) is 10.5. The van der Waals surface area contributed by atoms with Gasteiger partial charge >= 0.3 is 0 Å². The molecule has 0 bridgehead atoms. The topological polar surface area (TPSA) is 51.2 Å². The molecule has 3 unspecified atom stereocenters. The van der Waals surface area contributed by atoms with Gasteiger partial charge in [-0.15, -0.1) is 0 Å². The number of hydrogen-bond acceptors (Lipinski definition) is 3. The largest absolute Gasteiger partial charge is 0.299 e. The number of carbonyl (C=O) groups is 3. The van der Waals surface area contributed by atoms with E-state index in [0.717, 1.165) is 6.42 Å².